The molecule has 0 aliphatic carbocycles. The molecule has 3 aromatic carbocycles. The summed E-state index contributed by atoms with van der Waals surface area (Å²) in [5.41, 5.74) is 9.55. The van der Waals surface area contributed by atoms with Crippen molar-refractivity contribution in [2.24, 2.45) is 0 Å². The first-order valence-corrected chi connectivity index (χ1v) is 7.59. The van der Waals surface area contributed by atoms with Gasteiger partial charge in [-0.05, 0) is 30.3 Å². The summed E-state index contributed by atoms with van der Waals surface area (Å²) in [6, 6.07) is 24.5. The highest BCUT2D eigenvalue weighted by Gasteiger charge is 2.17. The summed E-state index contributed by atoms with van der Waals surface area (Å²) in [5, 5.41) is 3.19. The van der Waals surface area contributed by atoms with E-state index in [1.807, 2.05) is 55.6 Å². The van der Waals surface area contributed by atoms with Crippen molar-refractivity contribution in [1.29, 1.82) is 0 Å². The van der Waals surface area contributed by atoms with Gasteiger partial charge in [0.1, 0.15) is 11.0 Å². The van der Waals surface area contributed by atoms with Crippen LogP contribution in [0.15, 0.2) is 72.8 Å². The second-order valence-electron chi connectivity index (χ2n) is 5.37. The molecule has 1 heterocycles. The van der Waals surface area contributed by atoms with Crippen molar-refractivity contribution < 1.29 is 17.1 Å². The highest BCUT2D eigenvalue weighted by Crippen LogP contribution is 2.18. The molecule has 4 aromatic rings. The Hall–Kier alpha value is -2.85. The van der Waals surface area contributed by atoms with Gasteiger partial charge in [0.05, 0.1) is 5.69 Å². The Balaban J connectivity index is 0.00000169. The van der Waals surface area contributed by atoms with Gasteiger partial charge in [0.15, 0.2) is 0 Å². The van der Waals surface area contributed by atoms with E-state index < -0.39 is 0 Å². The molecule has 0 saturated heterocycles. The zero-order valence-electron chi connectivity index (χ0n) is 13.2. The number of aromatic nitrogens is 2. The Labute approximate surface area is 146 Å². The fraction of sp³-hybridized carbons (Fsp3) is 0.0526. The number of halogens is 1. The summed E-state index contributed by atoms with van der Waals surface area (Å²) in [4.78, 5) is 4.77. The Morgan fingerprint density at radius 2 is 1.46 bits per heavy atom. The lowest BCUT2D eigenvalue weighted by molar-refractivity contribution is -0.587. The van der Waals surface area contributed by atoms with Gasteiger partial charge in [-0.1, -0.05) is 35.0 Å². The highest BCUT2D eigenvalue weighted by atomic mass is 35.5. The first-order valence-electron chi connectivity index (χ1n) is 7.59. The number of nitrogens with zero attached hydrogens (tertiary/aromatic N) is 2. The van der Waals surface area contributed by atoms with Crippen LogP contribution in [0, 0.1) is 0 Å². The van der Waals surface area contributed by atoms with Crippen LogP contribution in [0.3, 0.4) is 0 Å². The van der Waals surface area contributed by atoms with Crippen LogP contribution in [0.5, 0.6) is 0 Å². The molecule has 120 valence electrons. The van der Waals surface area contributed by atoms with Gasteiger partial charge < -0.3 is 17.7 Å². The molecule has 4 nitrogen and oxygen atoms in total. The maximum atomic E-state index is 4.77. The number of nitrogens with one attached hydrogen (secondary N) is 2. The van der Waals surface area contributed by atoms with Crippen molar-refractivity contribution in [2.75, 3.05) is 17.8 Å². The smallest absolute Gasteiger partial charge is 0.263 e. The first kappa shape index (κ1) is 16.0. The molecule has 4 rings (SSSR count). The van der Waals surface area contributed by atoms with Crippen LogP contribution in [0.1, 0.15) is 0 Å². The topological polar surface area (TPSA) is 40.8 Å². The fourth-order valence-corrected chi connectivity index (χ4v) is 2.72. The average molecular weight is 337 g/mol. The fourth-order valence-electron chi connectivity index (χ4n) is 2.72. The molecule has 0 aliphatic heterocycles. The molecule has 0 unspecified atom stereocenters. The number of anilines is 2. The van der Waals surface area contributed by atoms with Crippen LogP contribution in [0.2, 0.25) is 0 Å². The molecule has 0 aliphatic rings. The summed E-state index contributed by atoms with van der Waals surface area (Å²) in [6.07, 6.45) is 0. The van der Waals surface area contributed by atoms with Crippen LogP contribution in [0.25, 0.3) is 22.1 Å². The molecule has 2 N–H and O–H groups in total. The number of benzene rings is 3. The van der Waals surface area contributed by atoms with Crippen LogP contribution in [0.4, 0.5) is 11.4 Å². The van der Waals surface area contributed by atoms with Crippen LogP contribution in [-0.2, 0) is 0 Å². The van der Waals surface area contributed by atoms with E-state index in [-0.39, 0.29) is 12.4 Å². The number of hydrogen-bond donors (Lipinski definition) is 2. The van der Waals surface area contributed by atoms with Gasteiger partial charge in [-0.25, -0.2) is 4.98 Å². The molecule has 24 heavy (non-hydrogen) atoms. The molecular weight excluding hydrogens is 320 g/mol. The second-order valence-corrected chi connectivity index (χ2v) is 5.37. The summed E-state index contributed by atoms with van der Waals surface area (Å²) in [5.74, 6) is 0. The lowest BCUT2D eigenvalue weighted by Gasteiger charge is -2.07. The van der Waals surface area contributed by atoms with Gasteiger partial charge in [-0.3, -0.25) is 0 Å². The second kappa shape index (κ2) is 6.72. The van der Waals surface area contributed by atoms with E-state index in [0.717, 1.165) is 33.4 Å². The third kappa shape index (κ3) is 2.84. The van der Waals surface area contributed by atoms with Crippen molar-refractivity contribution in [1.82, 2.24) is 4.98 Å². The molecule has 0 amide bonds. The minimum atomic E-state index is 0. The predicted molar refractivity (Wildman–Crippen MR) is 94.5 cm³/mol. The maximum Gasteiger partial charge on any atom is 0.263 e. The monoisotopic (exact) mass is 336 g/mol. The lowest BCUT2D eigenvalue weighted by atomic mass is 10.2. The summed E-state index contributed by atoms with van der Waals surface area (Å²) in [7, 11) is 1.92. The molecule has 0 atom stereocenters. The van der Waals surface area contributed by atoms with E-state index in [2.05, 4.69) is 39.7 Å². The van der Waals surface area contributed by atoms with Crippen molar-refractivity contribution in [3.05, 3.63) is 72.8 Å². The van der Waals surface area contributed by atoms with Gasteiger partial charge >= 0.3 is 0 Å². The Bertz CT molecular complexity index is 986. The molecule has 5 heteroatoms. The molecule has 0 saturated carbocycles. The van der Waals surface area contributed by atoms with Crippen molar-refractivity contribution in [2.45, 2.75) is 0 Å². The van der Waals surface area contributed by atoms with Gasteiger partial charge in [0, 0.05) is 24.9 Å². The molecule has 0 radical (unpaired) electrons. The predicted octanol–water partition coefficient (Wildman–Crippen LogP) is 0.596. The zero-order chi connectivity index (χ0) is 15.6. The summed E-state index contributed by atoms with van der Waals surface area (Å²) >= 11 is 0. The van der Waals surface area contributed by atoms with E-state index in [4.69, 9.17) is 4.98 Å². The number of rotatable bonds is 3. The number of hydrogen-bond acceptors (Lipinski definition) is 3. The SMILES string of the molecule is CNc1ccc2nc3ccccc3[n+](Nc3ccccc3)c2c1.[Cl-]. The quantitative estimate of drug-likeness (QED) is 0.425. The minimum Gasteiger partial charge on any atom is -1.00 e. The molecule has 0 fully saturated rings. The van der Waals surface area contributed by atoms with Crippen LogP contribution in [-0.4, -0.2) is 12.0 Å². The van der Waals surface area contributed by atoms with E-state index >= 15 is 0 Å². The maximum absolute atomic E-state index is 4.77. The van der Waals surface area contributed by atoms with Crippen LogP contribution < -0.4 is 27.8 Å². The first-order chi connectivity index (χ1) is 11.3. The van der Waals surface area contributed by atoms with Crippen molar-refractivity contribution in [3.63, 3.8) is 0 Å². The Kier molecular flexibility index (Phi) is 4.49. The van der Waals surface area contributed by atoms with Gasteiger partial charge in [0.2, 0.25) is 0 Å². The van der Waals surface area contributed by atoms with E-state index in [1.54, 1.807) is 0 Å². The van der Waals surface area contributed by atoms with E-state index in [1.165, 1.54) is 0 Å². The summed E-state index contributed by atoms with van der Waals surface area (Å²) in [6.45, 7) is 0. The number of para-hydroxylation sites is 3. The molecule has 0 bridgehead atoms. The molecule has 1 aromatic heterocycles. The van der Waals surface area contributed by atoms with E-state index in [9.17, 15) is 0 Å². The lowest BCUT2D eigenvalue weighted by Crippen LogP contribution is -3.00. The minimum absolute atomic E-state index is 0. The van der Waals surface area contributed by atoms with Gasteiger partial charge in [-0.2, -0.15) is 5.43 Å². The van der Waals surface area contributed by atoms with Gasteiger partial charge in [0.25, 0.3) is 11.0 Å². The highest BCUT2D eigenvalue weighted by molar-refractivity contribution is 5.83. The zero-order valence-corrected chi connectivity index (χ0v) is 14.0. The molecule has 0 spiro atoms. The third-order valence-corrected chi connectivity index (χ3v) is 3.88. The van der Waals surface area contributed by atoms with Crippen molar-refractivity contribution in [3.8, 4) is 0 Å². The third-order valence-electron chi connectivity index (χ3n) is 3.88. The van der Waals surface area contributed by atoms with Crippen molar-refractivity contribution >= 4 is 33.4 Å². The van der Waals surface area contributed by atoms with Gasteiger partial charge in [-0.15, -0.1) is 0 Å². The van der Waals surface area contributed by atoms with E-state index in [0.29, 0.717) is 0 Å². The standard InChI is InChI=1S/C19H16N4.ClH/c1-20-15-11-12-17-19(13-15)23(22-14-7-3-2-4-8-14)18-10-6-5-9-16(18)21-17;/h2-13,22H,1H3;1H. The number of fused-ring (bicyclic) bond motifs is 2. The molecular formula is C19H17ClN4. The average Bonchev–Trinajstić information content (AvgIpc) is 2.62. The van der Waals surface area contributed by atoms with Crippen LogP contribution >= 0.6 is 0 Å². The largest absolute Gasteiger partial charge is 1.00 e. The normalized spacial score (nSPS) is 10.4. The summed E-state index contributed by atoms with van der Waals surface area (Å²) < 4.78 is 2.09. The Morgan fingerprint density at radius 1 is 0.750 bits per heavy atom. The Morgan fingerprint density at radius 3 is 2.25 bits per heavy atom.